The monoisotopic (exact) mass is 409 g/mol. The molecule has 1 atom stereocenters. The van der Waals surface area contributed by atoms with Crippen molar-refractivity contribution in [1.82, 2.24) is 24.8 Å². The molecule has 2 amide bonds. The van der Waals surface area contributed by atoms with Crippen LogP contribution < -0.4 is 0 Å². The second-order valence-electron chi connectivity index (χ2n) is 7.93. The number of nitrogens with zero attached hydrogens (tertiary/aromatic N) is 5. The first-order chi connectivity index (χ1) is 13.8. The Labute approximate surface area is 166 Å². The van der Waals surface area contributed by atoms with Gasteiger partial charge < -0.3 is 14.3 Å². The lowest BCUT2D eigenvalue weighted by atomic mass is 10.2. The molecule has 7 nitrogen and oxygen atoms in total. The summed E-state index contributed by atoms with van der Waals surface area (Å²) in [7, 11) is 0. The zero-order valence-corrected chi connectivity index (χ0v) is 16.2. The van der Waals surface area contributed by atoms with Crippen LogP contribution >= 0.6 is 0 Å². The van der Waals surface area contributed by atoms with Crippen molar-refractivity contribution in [2.24, 2.45) is 5.92 Å². The zero-order chi connectivity index (χ0) is 20.7. The first-order valence-electron chi connectivity index (χ1n) is 9.57. The Hall–Kier alpha value is -2.62. The van der Waals surface area contributed by atoms with Crippen LogP contribution in [0.1, 0.15) is 19.7 Å². The summed E-state index contributed by atoms with van der Waals surface area (Å²) in [5.74, 6) is -3.45. The maximum Gasteiger partial charge on any atom is 0.320 e. The number of rotatable bonds is 5. The van der Waals surface area contributed by atoms with E-state index < -0.39 is 17.5 Å². The average Bonchev–Trinajstić information content (AvgIpc) is 3.24. The third-order valence-corrected chi connectivity index (χ3v) is 5.17. The summed E-state index contributed by atoms with van der Waals surface area (Å²) in [6.07, 6.45) is 0. The third-order valence-electron chi connectivity index (χ3n) is 5.17. The van der Waals surface area contributed by atoms with Gasteiger partial charge in [0.15, 0.2) is 17.5 Å². The smallest absolute Gasteiger partial charge is 0.320 e. The minimum Gasteiger partial charge on any atom is -0.338 e. The highest BCUT2D eigenvalue weighted by molar-refractivity contribution is 5.77. The second kappa shape index (κ2) is 7.66. The Bertz CT molecular complexity index is 896. The molecule has 29 heavy (non-hydrogen) atoms. The molecule has 2 aromatic rings. The van der Waals surface area contributed by atoms with Crippen LogP contribution in [-0.4, -0.2) is 69.6 Å². The van der Waals surface area contributed by atoms with Gasteiger partial charge in [-0.2, -0.15) is 4.98 Å². The highest BCUT2D eigenvalue weighted by Crippen LogP contribution is 2.24. The molecule has 0 aliphatic carbocycles. The number of amides is 2. The van der Waals surface area contributed by atoms with E-state index in [-0.39, 0.29) is 23.5 Å². The fraction of sp³-hybridized carbons (Fsp3) is 0.526. The molecule has 1 unspecified atom stereocenters. The van der Waals surface area contributed by atoms with E-state index in [2.05, 4.69) is 28.9 Å². The maximum atomic E-state index is 13.4. The molecule has 0 spiro atoms. The number of halogens is 3. The molecule has 2 aliphatic heterocycles. The van der Waals surface area contributed by atoms with Crippen molar-refractivity contribution in [1.29, 1.82) is 0 Å². The van der Waals surface area contributed by atoms with Crippen molar-refractivity contribution < 1.29 is 22.5 Å². The van der Waals surface area contributed by atoms with Crippen LogP contribution in [0.4, 0.5) is 18.0 Å². The number of carbonyl (C=O) groups excluding carboxylic acids is 1. The first kappa shape index (κ1) is 19.7. The van der Waals surface area contributed by atoms with Gasteiger partial charge in [0, 0.05) is 38.3 Å². The standard InChI is InChI=1S/C19H22F3N5O2/c1-11(2)7-26-9-13-8-25(3-4-27(13)19(26)28)10-16-23-18(24-29-16)12-5-14(20)17(22)15(21)6-12/h5-6,11,13H,3-4,7-10H2,1-2H3. The van der Waals surface area contributed by atoms with Gasteiger partial charge in [-0.15, -0.1) is 0 Å². The molecule has 0 radical (unpaired) electrons. The van der Waals surface area contributed by atoms with Crippen molar-refractivity contribution >= 4 is 6.03 Å². The number of benzene rings is 1. The summed E-state index contributed by atoms with van der Waals surface area (Å²) in [5, 5.41) is 3.75. The number of piperazine rings is 1. The zero-order valence-electron chi connectivity index (χ0n) is 16.2. The Balaban J connectivity index is 1.41. The maximum absolute atomic E-state index is 13.4. The highest BCUT2D eigenvalue weighted by atomic mass is 19.2. The Morgan fingerprint density at radius 1 is 1.17 bits per heavy atom. The summed E-state index contributed by atoms with van der Waals surface area (Å²) >= 11 is 0. The quantitative estimate of drug-likeness (QED) is 0.711. The van der Waals surface area contributed by atoms with Crippen molar-refractivity contribution in [3.05, 3.63) is 35.5 Å². The van der Waals surface area contributed by atoms with E-state index in [1.165, 1.54) is 0 Å². The van der Waals surface area contributed by atoms with Gasteiger partial charge in [0.05, 0.1) is 12.6 Å². The van der Waals surface area contributed by atoms with Crippen molar-refractivity contribution in [3.8, 4) is 11.4 Å². The van der Waals surface area contributed by atoms with Gasteiger partial charge >= 0.3 is 6.03 Å². The first-order valence-corrected chi connectivity index (χ1v) is 9.57. The van der Waals surface area contributed by atoms with E-state index in [9.17, 15) is 18.0 Å². The molecule has 4 rings (SSSR count). The molecule has 2 saturated heterocycles. The third kappa shape index (κ3) is 3.93. The predicted octanol–water partition coefficient (Wildman–Crippen LogP) is 2.73. The molecule has 3 heterocycles. The van der Waals surface area contributed by atoms with Gasteiger partial charge in [-0.1, -0.05) is 19.0 Å². The SMILES string of the molecule is CC(C)CN1CC2CN(Cc3nc(-c4cc(F)c(F)c(F)c4)no3)CCN2C1=O. The predicted molar refractivity (Wildman–Crippen MR) is 97.2 cm³/mol. The van der Waals surface area contributed by atoms with Crippen molar-refractivity contribution in [3.63, 3.8) is 0 Å². The normalized spacial score (nSPS) is 20.1. The number of fused-ring (bicyclic) bond motifs is 1. The minimum absolute atomic E-state index is 0.00408. The Morgan fingerprint density at radius 2 is 1.90 bits per heavy atom. The average molecular weight is 409 g/mol. The van der Waals surface area contributed by atoms with Gasteiger partial charge in [0.2, 0.25) is 11.7 Å². The molecular weight excluding hydrogens is 387 g/mol. The van der Waals surface area contributed by atoms with Gasteiger partial charge in [0.25, 0.3) is 0 Å². The van der Waals surface area contributed by atoms with Crippen LogP contribution in [0.5, 0.6) is 0 Å². The lowest BCUT2D eigenvalue weighted by Crippen LogP contribution is -2.51. The molecule has 0 saturated carbocycles. The lowest BCUT2D eigenvalue weighted by Gasteiger charge is -2.35. The van der Waals surface area contributed by atoms with Gasteiger partial charge in [0.1, 0.15) is 0 Å². The highest BCUT2D eigenvalue weighted by Gasteiger charge is 2.40. The van der Waals surface area contributed by atoms with E-state index in [1.54, 1.807) is 0 Å². The van der Waals surface area contributed by atoms with Crippen LogP contribution in [0, 0.1) is 23.4 Å². The number of urea groups is 1. The van der Waals surface area contributed by atoms with Crippen LogP contribution in [0.15, 0.2) is 16.7 Å². The van der Waals surface area contributed by atoms with Gasteiger partial charge in [-0.25, -0.2) is 18.0 Å². The molecule has 0 N–H and O–H groups in total. The molecule has 156 valence electrons. The summed E-state index contributed by atoms with van der Waals surface area (Å²) < 4.78 is 45.2. The minimum atomic E-state index is -1.53. The summed E-state index contributed by atoms with van der Waals surface area (Å²) in [6, 6.07) is 1.86. The van der Waals surface area contributed by atoms with Crippen LogP contribution in [0.2, 0.25) is 0 Å². The molecule has 10 heteroatoms. The van der Waals surface area contributed by atoms with E-state index in [4.69, 9.17) is 4.52 Å². The molecule has 2 fully saturated rings. The Morgan fingerprint density at radius 3 is 2.59 bits per heavy atom. The van der Waals surface area contributed by atoms with Crippen molar-refractivity contribution in [2.45, 2.75) is 26.4 Å². The van der Waals surface area contributed by atoms with Crippen LogP contribution in [0.3, 0.4) is 0 Å². The fourth-order valence-corrected chi connectivity index (χ4v) is 3.89. The van der Waals surface area contributed by atoms with Crippen LogP contribution in [0.25, 0.3) is 11.4 Å². The molecular formula is C19H22F3N5O2. The summed E-state index contributed by atoms with van der Waals surface area (Å²) in [6.45, 7) is 7.93. The molecule has 0 bridgehead atoms. The number of aromatic nitrogens is 2. The van der Waals surface area contributed by atoms with E-state index >= 15 is 0 Å². The lowest BCUT2D eigenvalue weighted by molar-refractivity contribution is 0.107. The second-order valence-corrected chi connectivity index (χ2v) is 7.93. The van der Waals surface area contributed by atoms with Gasteiger partial charge in [-0.05, 0) is 18.1 Å². The largest absolute Gasteiger partial charge is 0.338 e. The summed E-state index contributed by atoms with van der Waals surface area (Å²) in [5.41, 5.74) is 0.00642. The van der Waals surface area contributed by atoms with E-state index in [0.717, 1.165) is 18.7 Å². The van der Waals surface area contributed by atoms with E-state index in [0.29, 0.717) is 44.5 Å². The van der Waals surface area contributed by atoms with Crippen molar-refractivity contribution in [2.75, 3.05) is 32.7 Å². The van der Waals surface area contributed by atoms with Gasteiger partial charge in [-0.3, -0.25) is 4.90 Å². The topological polar surface area (TPSA) is 65.7 Å². The molecule has 2 aliphatic rings. The van der Waals surface area contributed by atoms with E-state index in [1.807, 2.05) is 9.80 Å². The van der Waals surface area contributed by atoms with Crippen LogP contribution in [-0.2, 0) is 6.54 Å². The molecule has 1 aromatic carbocycles. The summed E-state index contributed by atoms with van der Waals surface area (Å²) in [4.78, 5) is 22.6. The number of hydrogen-bond donors (Lipinski definition) is 0. The number of carbonyl (C=O) groups is 1. The Kier molecular flexibility index (Phi) is 5.20. The number of hydrogen-bond acceptors (Lipinski definition) is 5. The fourth-order valence-electron chi connectivity index (χ4n) is 3.89. The molecule has 1 aromatic heterocycles.